The zero-order valence-corrected chi connectivity index (χ0v) is 12.5. The number of aryl methyl sites for hydroxylation is 3. The highest BCUT2D eigenvalue weighted by Gasteiger charge is 2.11. The zero-order valence-electron chi connectivity index (χ0n) is 12.5. The molecule has 1 heterocycles. The molecule has 0 atom stereocenters. The molecule has 1 aromatic carbocycles. The van der Waals surface area contributed by atoms with Crippen molar-refractivity contribution in [2.75, 3.05) is 5.32 Å². The van der Waals surface area contributed by atoms with E-state index in [2.05, 4.69) is 10.4 Å². The van der Waals surface area contributed by atoms with E-state index in [-0.39, 0.29) is 5.91 Å². The summed E-state index contributed by atoms with van der Waals surface area (Å²) in [7, 11) is 1.93. The largest absolute Gasteiger partial charge is 0.326 e. The number of carbonyl (C=O) groups excluding carboxylic acids is 1. The van der Waals surface area contributed by atoms with E-state index in [1.165, 1.54) is 5.56 Å². The molecule has 0 spiro atoms. The Kier molecular flexibility index (Phi) is 4.23. The molecule has 0 aliphatic rings. The van der Waals surface area contributed by atoms with Crippen LogP contribution in [0.2, 0.25) is 0 Å². The van der Waals surface area contributed by atoms with Crippen molar-refractivity contribution in [1.82, 2.24) is 9.78 Å². The van der Waals surface area contributed by atoms with Crippen LogP contribution >= 0.6 is 0 Å². The maximum Gasteiger partial charge on any atom is 0.224 e. The minimum atomic E-state index is 0.0435. The predicted octanol–water partition coefficient (Wildman–Crippen LogP) is 2.92. The van der Waals surface area contributed by atoms with Gasteiger partial charge >= 0.3 is 0 Å². The zero-order chi connectivity index (χ0) is 14.7. The summed E-state index contributed by atoms with van der Waals surface area (Å²) in [4.78, 5) is 12.0. The normalized spacial score (nSPS) is 10.6. The van der Waals surface area contributed by atoms with Gasteiger partial charge in [-0.15, -0.1) is 0 Å². The van der Waals surface area contributed by atoms with Crippen molar-refractivity contribution in [2.24, 2.45) is 7.05 Å². The summed E-state index contributed by atoms with van der Waals surface area (Å²) in [5.74, 6) is 0.0435. The Labute approximate surface area is 119 Å². The summed E-state index contributed by atoms with van der Waals surface area (Å²) in [6.07, 6.45) is 1.20. The molecule has 106 valence electrons. The Morgan fingerprint density at radius 2 is 1.95 bits per heavy atom. The molecule has 1 N–H and O–H groups in total. The summed E-state index contributed by atoms with van der Waals surface area (Å²) in [6, 6.07) is 7.81. The molecule has 0 aliphatic carbocycles. The topological polar surface area (TPSA) is 46.9 Å². The smallest absolute Gasteiger partial charge is 0.224 e. The molecule has 0 fully saturated rings. The van der Waals surface area contributed by atoms with Crippen LogP contribution in [0.5, 0.6) is 0 Å². The number of rotatable bonds is 4. The third-order valence-corrected chi connectivity index (χ3v) is 3.68. The van der Waals surface area contributed by atoms with E-state index < -0.39 is 0 Å². The second-order valence-corrected chi connectivity index (χ2v) is 5.14. The van der Waals surface area contributed by atoms with Gasteiger partial charge in [0.15, 0.2) is 0 Å². The summed E-state index contributed by atoms with van der Waals surface area (Å²) < 4.78 is 1.86. The van der Waals surface area contributed by atoms with Gasteiger partial charge in [0.1, 0.15) is 0 Å². The number of anilines is 1. The van der Waals surface area contributed by atoms with E-state index in [1.807, 2.05) is 56.8 Å². The second kappa shape index (κ2) is 5.90. The van der Waals surface area contributed by atoms with Crippen LogP contribution in [0, 0.1) is 20.8 Å². The lowest BCUT2D eigenvalue weighted by Crippen LogP contribution is -2.13. The molecule has 0 bridgehead atoms. The minimum Gasteiger partial charge on any atom is -0.326 e. The first-order valence-corrected chi connectivity index (χ1v) is 6.83. The first-order chi connectivity index (χ1) is 9.49. The number of amides is 1. The lowest BCUT2D eigenvalue weighted by atomic mass is 10.1. The highest BCUT2D eigenvalue weighted by Crippen LogP contribution is 2.16. The fraction of sp³-hybridized carbons (Fsp3) is 0.375. The molecule has 20 heavy (non-hydrogen) atoms. The van der Waals surface area contributed by atoms with E-state index >= 15 is 0 Å². The number of aromatic nitrogens is 2. The van der Waals surface area contributed by atoms with Crippen LogP contribution in [0.15, 0.2) is 24.3 Å². The van der Waals surface area contributed by atoms with Gasteiger partial charge in [0, 0.05) is 24.8 Å². The third-order valence-electron chi connectivity index (χ3n) is 3.68. The maximum absolute atomic E-state index is 12.0. The van der Waals surface area contributed by atoms with E-state index in [0.29, 0.717) is 6.42 Å². The number of hydrogen-bond acceptors (Lipinski definition) is 2. The molecule has 0 aliphatic heterocycles. The molecule has 4 nitrogen and oxygen atoms in total. The van der Waals surface area contributed by atoms with Gasteiger partial charge in [0.25, 0.3) is 0 Å². The van der Waals surface area contributed by atoms with Crippen molar-refractivity contribution in [3.8, 4) is 0 Å². The Balaban J connectivity index is 1.98. The van der Waals surface area contributed by atoms with Crippen molar-refractivity contribution in [3.63, 3.8) is 0 Å². The number of benzene rings is 1. The molecule has 2 aromatic rings. The molecule has 1 aromatic heterocycles. The van der Waals surface area contributed by atoms with Gasteiger partial charge in [-0.25, -0.2) is 0 Å². The highest BCUT2D eigenvalue weighted by atomic mass is 16.1. The monoisotopic (exact) mass is 271 g/mol. The molecule has 0 radical (unpaired) electrons. The van der Waals surface area contributed by atoms with Crippen LogP contribution < -0.4 is 5.32 Å². The van der Waals surface area contributed by atoms with Gasteiger partial charge in [-0.05, 0) is 44.4 Å². The summed E-state index contributed by atoms with van der Waals surface area (Å²) >= 11 is 0. The Hall–Kier alpha value is -2.10. The molecular weight excluding hydrogens is 250 g/mol. The molecule has 0 saturated carbocycles. The second-order valence-electron chi connectivity index (χ2n) is 5.14. The summed E-state index contributed by atoms with van der Waals surface area (Å²) in [6.45, 7) is 6.02. The average molecular weight is 271 g/mol. The SMILES string of the molecule is Cc1ccccc1NC(=O)CCc1c(C)nn(C)c1C. The standard InChI is InChI=1S/C16H21N3O/c1-11-7-5-6-8-15(11)17-16(20)10-9-14-12(2)18-19(4)13(14)3/h5-8H,9-10H2,1-4H3,(H,17,20). The maximum atomic E-state index is 12.0. The predicted molar refractivity (Wildman–Crippen MR) is 80.8 cm³/mol. The fourth-order valence-corrected chi connectivity index (χ4v) is 2.34. The first kappa shape index (κ1) is 14.3. The fourth-order valence-electron chi connectivity index (χ4n) is 2.34. The third kappa shape index (κ3) is 3.07. The Bertz CT molecular complexity index is 629. The van der Waals surface area contributed by atoms with Crippen molar-refractivity contribution in [1.29, 1.82) is 0 Å². The van der Waals surface area contributed by atoms with Crippen LogP contribution in [-0.4, -0.2) is 15.7 Å². The van der Waals surface area contributed by atoms with E-state index in [0.717, 1.165) is 29.1 Å². The number of hydrogen-bond donors (Lipinski definition) is 1. The van der Waals surface area contributed by atoms with Gasteiger partial charge < -0.3 is 5.32 Å². The first-order valence-electron chi connectivity index (χ1n) is 6.83. The highest BCUT2D eigenvalue weighted by molar-refractivity contribution is 5.91. The molecule has 4 heteroatoms. The van der Waals surface area contributed by atoms with Crippen LogP contribution in [0.3, 0.4) is 0 Å². The number of para-hydroxylation sites is 1. The van der Waals surface area contributed by atoms with Gasteiger partial charge in [-0.1, -0.05) is 18.2 Å². The molecular formula is C16H21N3O. The lowest BCUT2D eigenvalue weighted by Gasteiger charge is -2.08. The van der Waals surface area contributed by atoms with Crippen LogP contribution in [0.1, 0.15) is 28.9 Å². The molecule has 0 unspecified atom stereocenters. The van der Waals surface area contributed by atoms with E-state index in [9.17, 15) is 4.79 Å². The van der Waals surface area contributed by atoms with Crippen LogP contribution in [0.25, 0.3) is 0 Å². The van der Waals surface area contributed by atoms with Gasteiger partial charge in [0.05, 0.1) is 5.69 Å². The lowest BCUT2D eigenvalue weighted by molar-refractivity contribution is -0.116. The van der Waals surface area contributed by atoms with Crippen LogP contribution in [-0.2, 0) is 18.3 Å². The quantitative estimate of drug-likeness (QED) is 0.929. The van der Waals surface area contributed by atoms with E-state index in [4.69, 9.17) is 0 Å². The van der Waals surface area contributed by atoms with Crippen molar-refractivity contribution >= 4 is 11.6 Å². The minimum absolute atomic E-state index is 0.0435. The molecule has 1 amide bonds. The summed E-state index contributed by atoms with van der Waals surface area (Å²) in [5.41, 5.74) is 5.28. The molecule has 2 rings (SSSR count). The Morgan fingerprint density at radius 3 is 2.55 bits per heavy atom. The van der Waals surface area contributed by atoms with Gasteiger partial charge in [-0.2, -0.15) is 5.10 Å². The van der Waals surface area contributed by atoms with Gasteiger partial charge in [-0.3, -0.25) is 9.48 Å². The van der Waals surface area contributed by atoms with Crippen molar-refractivity contribution < 1.29 is 4.79 Å². The average Bonchev–Trinajstić information content (AvgIpc) is 2.64. The summed E-state index contributed by atoms with van der Waals surface area (Å²) in [5, 5.41) is 7.33. The molecule has 0 saturated heterocycles. The van der Waals surface area contributed by atoms with E-state index in [1.54, 1.807) is 0 Å². The number of carbonyl (C=O) groups is 1. The van der Waals surface area contributed by atoms with Crippen LogP contribution in [0.4, 0.5) is 5.69 Å². The van der Waals surface area contributed by atoms with Crippen molar-refractivity contribution in [2.45, 2.75) is 33.6 Å². The van der Waals surface area contributed by atoms with Gasteiger partial charge in [0.2, 0.25) is 5.91 Å². The number of nitrogens with one attached hydrogen (secondary N) is 1. The Morgan fingerprint density at radius 1 is 1.25 bits per heavy atom. The number of nitrogens with zero attached hydrogens (tertiary/aromatic N) is 2. The van der Waals surface area contributed by atoms with Crippen molar-refractivity contribution in [3.05, 3.63) is 46.8 Å².